The molecule has 7 heteroatoms. The summed E-state index contributed by atoms with van der Waals surface area (Å²) in [7, 11) is 1.53. The number of amides is 1. The predicted molar refractivity (Wildman–Crippen MR) is 92.6 cm³/mol. The molecule has 25 heavy (non-hydrogen) atoms. The van der Waals surface area contributed by atoms with Crippen LogP contribution in [0.25, 0.3) is 0 Å². The fourth-order valence-electron chi connectivity index (χ4n) is 3.36. The Bertz CT molecular complexity index is 672. The molecular formula is C18H25N3O4. The van der Waals surface area contributed by atoms with E-state index in [2.05, 4.69) is 15.2 Å². The third kappa shape index (κ3) is 3.76. The second-order valence-electron chi connectivity index (χ2n) is 7.41. The summed E-state index contributed by atoms with van der Waals surface area (Å²) in [6.07, 6.45) is 3.90. The maximum atomic E-state index is 12.5. The lowest BCUT2D eigenvalue weighted by molar-refractivity contribution is -0.140. The number of aromatic carboxylic acids is 1. The number of carboxylic acid groups (broad SMARTS) is 1. The van der Waals surface area contributed by atoms with Gasteiger partial charge >= 0.3 is 5.97 Å². The number of nitrogens with one attached hydrogen (secondary N) is 1. The monoisotopic (exact) mass is 347 g/mol. The highest BCUT2D eigenvalue weighted by Gasteiger charge is 2.44. The molecule has 0 bridgehead atoms. The van der Waals surface area contributed by atoms with Gasteiger partial charge in [-0.1, -0.05) is 0 Å². The Hall–Kier alpha value is -2.15. The summed E-state index contributed by atoms with van der Waals surface area (Å²) in [6.45, 7) is 4.98. The minimum absolute atomic E-state index is 0.0356. The van der Waals surface area contributed by atoms with Gasteiger partial charge in [0, 0.05) is 38.0 Å². The number of pyridine rings is 1. The minimum Gasteiger partial charge on any atom is -0.477 e. The third-order valence-corrected chi connectivity index (χ3v) is 5.29. The highest BCUT2D eigenvalue weighted by Crippen LogP contribution is 2.42. The van der Waals surface area contributed by atoms with E-state index < -0.39 is 11.6 Å². The molecule has 1 aliphatic heterocycles. The summed E-state index contributed by atoms with van der Waals surface area (Å²) >= 11 is 0. The average molecular weight is 347 g/mol. The molecule has 2 N–H and O–H groups in total. The van der Waals surface area contributed by atoms with E-state index in [1.165, 1.54) is 26.1 Å². The number of aromatic nitrogens is 1. The number of carbonyl (C=O) groups is 2. The van der Waals surface area contributed by atoms with E-state index in [4.69, 9.17) is 9.84 Å². The predicted octanol–water partition coefficient (Wildman–Crippen LogP) is 1.54. The van der Waals surface area contributed by atoms with Crippen molar-refractivity contribution < 1.29 is 19.4 Å². The zero-order chi connectivity index (χ0) is 18.2. The Labute approximate surface area is 147 Å². The quantitative estimate of drug-likeness (QED) is 0.811. The van der Waals surface area contributed by atoms with Gasteiger partial charge in [0.05, 0.1) is 6.04 Å². The topological polar surface area (TPSA) is 91.8 Å². The van der Waals surface area contributed by atoms with Crippen LogP contribution < -0.4 is 10.2 Å². The number of hydrogen-bond donors (Lipinski definition) is 2. The van der Waals surface area contributed by atoms with Crippen molar-refractivity contribution in [2.45, 2.75) is 38.3 Å². The van der Waals surface area contributed by atoms with Crippen LogP contribution in [0.15, 0.2) is 18.3 Å². The second kappa shape index (κ2) is 6.63. The van der Waals surface area contributed by atoms with Gasteiger partial charge in [-0.25, -0.2) is 9.78 Å². The molecule has 0 radical (unpaired) electrons. The van der Waals surface area contributed by atoms with Crippen LogP contribution >= 0.6 is 0 Å². The van der Waals surface area contributed by atoms with Crippen LogP contribution in [0, 0.1) is 11.8 Å². The summed E-state index contributed by atoms with van der Waals surface area (Å²) in [5.41, 5.74) is 0.00329. The van der Waals surface area contributed by atoms with Crippen LogP contribution in [-0.2, 0) is 9.53 Å². The van der Waals surface area contributed by atoms with E-state index in [1.54, 1.807) is 19.9 Å². The first-order chi connectivity index (χ1) is 11.8. The summed E-state index contributed by atoms with van der Waals surface area (Å²) < 4.78 is 5.28. The van der Waals surface area contributed by atoms with Crippen LogP contribution in [-0.4, -0.2) is 53.8 Å². The molecule has 3 rings (SSSR count). The van der Waals surface area contributed by atoms with Gasteiger partial charge in [-0.15, -0.1) is 0 Å². The van der Waals surface area contributed by atoms with E-state index in [9.17, 15) is 9.59 Å². The highest BCUT2D eigenvalue weighted by atomic mass is 16.5. The number of carbonyl (C=O) groups excluding carboxylic acids is 1. The highest BCUT2D eigenvalue weighted by molar-refractivity contribution is 5.86. The number of hydrogen-bond acceptors (Lipinski definition) is 5. The zero-order valence-corrected chi connectivity index (χ0v) is 14.9. The number of methoxy groups -OCH3 is 1. The SMILES string of the molecule is COC(C)(C)C(=O)N[C@H]1CN(c2ccnc(C(=O)O)c2)C[C@@H]1C1CC1. The van der Waals surface area contributed by atoms with Crippen LogP contribution in [0.3, 0.4) is 0 Å². The molecule has 1 aliphatic carbocycles. The van der Waals surface area contributed by atoms with Gasteiger partial charge in [0.2, 0.25) is 0 Å². The summed E-state index contributed by atoms with van der Waals surface area (Å²) in [5.74, 6) is -0.153. The van der Waals surface area contributed by atoms with E-state index in [0.29, 0.717) is 18.4 Å². The molecule has 2 atom stereocenters. The summed E-state index contributed by atoms with van der Waals surface area (Å²) in [6, 6.07) is 3.45. The van der Waals surface area contributed by atoms with Gasteiger partial charge in [-0.05, 0) is 44.7 Å². The van der Waals surface area contributed by atoms with Crippen molar-refractivity contribution in [1.29, 1.82) is 0 Å². The van der Waals surface area contributed by atoms with Crippen LogP contribution in [0.1, 0.15) is 37.2 Å². The molecule has 7 nitrogen and oxygen atoms in total. The zero-order valence-electron chi connectivity index (χ0n) is 14.9. The molecule has 0 aromatic carbocycles. The molecule has 2 fully saturated rings. The van der Waals surface area contributed by atoms with Crippen molar-refractivity contribution in [3.05, 3.63) is 24.0 Å². The number of nitrogens with zero attached hydrogens (tertiary/aromatic N) is 2. The Morgan fingerprint density at radius 2 is 2.08 bits per heavy atom. The van der Waals surface area contributed by atoms with Gasteiger partial charge in [-0.3, -0.25) is 4.79 Å². The summed E-state index contributed by atoms with van der Waals surface area (Å²) in [4.78, 5) is 29.7. The maximum Gasteiger partial charge on any atom is 0.354 e. The Kier molecular flexibility index (Phi) is 4.69. The Morgan fingerprint density at radius 1 is 1.36 bits per heavy atom. The molecule has 1 aromatic heterocycles. The lowest BCUT2D eigenvalue weighted by Gasteiger charge is -2.26. The van der Waals surface area contributed by atoms with Crippen molar-refractivity contribution in [1.82, 2.24) is 10.3 Å². The lowest BCUT2D eigenvalue weighted by Crippen LogP contribution is -2.50. The maximum absolute atomic E-state index is 12.5. The van der Waals surface area contributed by atoms with Gasteiger partial charge in [-0.2, -0.15) is 0 Å². The first-order valence-electron chi connectivity index (χ1n) is 8.62. The van der Waals surface area contributed by atoms with Crippen LogP contribution in [0.4, 0.5) is 5.69 Å². The van der Waals surface area contributed by atoms with Gasteiger partial charge in [0.15, 0.2) is 0 Å². The standard InChI is InChI=1S/C18H25N3O4/c1-18(2,25-3)17(24)20-15-10-21(9-13(15)11-4-5-11)12-6-7-19-14(8-12)16(22)23/h6-8,11,13,15H,4-5,9-10H2,1-3H3,(H,20,24)(H,22,23)/t13-,15+/m1/s1. The molecule has 2 aliphatic rings. The molecule has 1 amide bonds. The molecular weight excluding hydrogens is 322 g/mol. The van der Waals surface area contributed by atoms with Crippen molar-refractivity contribution >= 4 is 17.6 Å². The van der Waals surface area contributed by atoms with E-state index >= 15 is 0 Å². The minimum atomic E-state index is -1.04. The second-order valence-corrected chi connectivity index (χ2v) is 7.41. The first-order valence-corrected chi connectivity index (χ1v) is 8.62. The molecule has 1 saturated carbocycles. The van der Waals surface area contributed by atoms with Crippen LogP contribution in [0.2, 0.25) is 0 Å². The van der Waals surface area contributed by atoms with Gasteiger partial charge < -0.3 is 20.1 Å². The molecule has 2 heterocycles. The molecule has 1 saturated heterocycles. The molecule has 1 aromatic rings. The van der Waals surface area contributed by atoms with Crippen LogP contribution in [0.5, 0.6) is 0 Å². The molecule has 0 unspecified atom stereocenters. The molecule has 0 spiro atoms. The largest absolute Gasteiger partial charge is 0.477 e. The van der Waals surface area contributed by atoms with E-state index in [1.807, 2.05) is 6.07 Å². The van der Waals surface area contributed by atoms with Crippen molar-refractivity contribution in [3.8, 4) is 0 Å². The normalized spacial score (nSPS) is 23.6. The third-order valence-electron chi connectivity index (χ3n) is 5.29. The Balaban J connectivity index is 1.75. The number of rotatable bonds is 6. The Morgan fingerprint density at radius 3 is 2.68 bits per heavy atom. The number of anilines is 1. The van der Waals surface area contributed by atoms with Gasteiger partial charge in [0.1, 0.15) is 11.3 Å². The number of carboxylic acids is 1. The van der Waals surface area contributed by atoms with Crippen molar-refractivity contribution in [3.63, 3.8) is 0 Å². The fraction of sp³-hybridized carbons (Fsp3) is 0.611. The van der Waals surface area contributed by atoms with Gasteiger partial charge in [0.25, 0.3) is 5.91 Å². The van der Waals surface area contributed by atoms with Crippen molar-refractivity contribution in [2.75, 3.05) is 25.1 Å². The van der Waals surface area contributed by atoms with Crippen molar-refractivity contribution in [2.24, 2.45) is 11.8 Å². The fourth-order valence-corrected chi connectivity index (χ4v) is 3.36. The summed E-state index contributed by atoms with van der Waals surface area (Å²) in [5, 5.41) is 12.3. The smallest absolute Gasteiger partial charge is 0.354 e. The van der Waals surface area contributed by atoms with E-state index in [-0.39, 0.29) is 17.6 Å². The average Bonchev–Trinajstić information content (AvgIpc) is 3.35. The first kappa shape index (κ1) is 17.7. The van der Waals surface area contributed by atoms with E-state index in [0.717, 1.165) is 12.2 Å². The lowest BCUT2D eigenvalue weighted by atomic mass is 9.97. The number of ether oxygens (including phenoxy) is 1. The molecule has 136 valence electrons.